The Labute approximate surface area is 132 Å². The first-order valence-electron chi connectivity index (χ1n) is 5.27. The van der Waals surface area contributed by atoms with Gasteiger partial charge in [-0.2, -0.15) is 0 Å². The van der Waals surface area contributed by atoms with E-state index in [2.05, 4.69) is 57.1 Å². The van der Waals surface area contributed by atoms with Crippen LogP contribution in [0.5, 0.6) is 0 Å². The van der Waals surface area contributed by atoms with Crippen molar-refractivity contribution in [3.63, 3.8) is 0 Å². The third-order valence-corrected chi connectivity index (χ3v) is 6.14. The highest BCUT2D eigenvalue weighted by molar-refractivity contribution is 14.1. The summed E-state index contributed by atoms with van der Waals surface area (Å²) in [6.45, 7) is 4.18. The maximum Gasteiger partial charge on any atom is 0.339 e. The molecule has 0 N–H and O–H groups in total. The van der Waals surface area contributed by atoms with Crippen LogP contribution in [-0.4, -0.2) is 18.8 Å². The lowest BCUT2D eigenvalue weighted by Crippen LogP contribution is -2.07. The summed E-state index contributed by atoms with van der Waals surface area (Å²) in [5.74, 6) is 0.389. The highest BCUT2D eigenvalue weighted by atomic mass is 127. The molecule has 2 nitrogen and oxygen atoms in total. The zero-order valence-electron chi connectivity index (χ0n) is 10.2. The van der Waals surface area contributed by atoms with E-state index in [0.717, 1.165) is 14.2 Å². The lowest BCUT2D eigenvalue weighted by atomic mass is 10.2. The first kappa shape index (κ1) is 16.2. The summed E-state index contributed by atoms with van der Waals surface area (Å²) in [7, 11) is 1.29. The number of rotatable bonds is 4. The largest absolute Gasteiger partial charge is 0.465 e. The average Bonchev–Trinajstić information content (AvgIpc) is 2.32. The molecular formula is C12H13BrFIO2S. The molecule has 18 heavy (non-hydrogen) atoms. The Morgan fingerprint density at radius 3 is 2.72 bits per heavy atom. The second-order valence-corrected chi connectivity index (χ2v) is 6.96. The molecule has 0 aromatic heterocycles. The van der Waals surface area contributed by atoms with Crippen molar-refractivity contribution in [2.75, 3.05) is 12.9 Å². The molecule has 0 spiro atoms. The van der Waals surface area contributed by atoms with Gasteiger partial charge in [0.2, 0.25) is 0 Å². The van der Waals surface area contributed by atoms with Gasteiger partial charge in [0.25, 0.3) is 0 Å². The number of halogens is 3. The molecule has 0 aliphatic carbocycles. The smallest absolute Gasteiger partial charge is 0.339 e. The summed E-state index contributed by atoms with van der Waals surface area (Å²) in [5, 5.41) is 0. The van der Waals surface area contributed by atoms with Gasteiger partial charge in [0, 0.05) is 14.2 Å². The van der Waals surface area contributed by atoms with Gasteiger partial charge >= 0.3 is 5.97 Å². The van der Waals surface area contributed by atoms with Gasteiger partial charge < -0.3 is 4.74 Å². The van der Waals surface area contributed by atoms with Crippen LogP contribution >= 0.6 is 50.3 Å². The molecule has 0 aliphatic heterocycles. The number of hydrogen-bond donors (Lipinski definition) is 0. The minimum absolute atomic E-state index is 0.269. The number of carbonyl (C=O) groups is 1. The molecule has 1 aromatic rings. The molecular weight excluding hydrogens is 434 g/mol. The maximum absolute atomic E-state index is 13.8. The molecule has 6 heteroatoms. The minimum Gasteiger partial charge on any atom is -0.465 e. The predicted octanol–water partition coefficient (Wildman–Crippen LogP) is 4.73. The van der Waals surface area contributed by atoms with Crippen LogP contribution in [0.1, 0.15) is 24.2 Å². The molecule has 0 amide bonds. The lowest BCUT2D eigenvalue weighted by molar-refractivity contribution is 0.0598. The third-order valence-electron chi connectivity index (χ3n) is 2.08. The van der Waals surface area contributed by atoms with E-state index in [1.807, 2.05) is 0 Å². The van der Waals surface area contributed by atoms with Crippen molar-refractivity contribution >= 4 is 56.3 Å². The fourth-order valence-electron chi connectivity index (χ4n) is 1.22. The second kappa shape index (κ2) is 7.09. The molecule has 0 aliphatic rings. The number of methoxy groups -OCH3 is 1. The van der Waals surface area contributed by atoms with Crippen molar-refractivity contribution < 1.29 is 13.9 Å². The summed E-state index contributed by atoms with van der Waals surface area (Å²) in [6, 6.07) is 1.21. The molecule has 0 unspecified atom stereocenters. The van der Waals surface area contributed by atoms with E-state index in [9.17, 15) is 9.18 Å². The van der Waals surface area contributed by atoms with E-state index in [0.29, 0.717) is 10.4 Å². The Hall–Kier alpha value is 0.180. The molecule has 0 heterocycles. The molecule has 0 radical (unpaired) electrons. The van der Waals surface area contributed by atoms with E-state index in [-0.39, 0.29) is 5.56 Å². The van der Waals surface area contributed by atoms with Gasteiger partial charge in [-0.3, -0.25) is 0 Å². The van der Waals surface area contributed by atoms with Crippen molar-refractivity contribution in [1.29, 1.82) is 0 Å². The zero-order valence-corrected chi connectivity index (χ0v) is 14.8. The van der Waals surface area contributed by atoms with E-state index in [1.54, 1.807) is 0 Å². The molecule has 1 rings (SSSR count). The first-order chi connectivity index (χ1) is 8.38. The first-order valence-corrected chi connectivity index (χ1v) is 8.12. The Kier molecular flexibility index (Phi) is 6.40. The number of thioether (sulfide) groups is 1. The maximum atomic E-state index is 13.8. The van der Waals surface area contributed by atoms with Crippen LogP contribution < -0.4 is 0 Å². The number of ether oxygens (including phenoxy) is 1. The zero-order chi connectivity index (χ0) is 13.9. The highest BCUT2D eigenvalue weighted by Gasteiger charge is 2.20. The fourth-order valence-corrected chi connectivity index (χ4v) is 4.32. The topological polar surface area (TPSA) is 26.3 Å². The standard InChI is InChI=1S/C12H13BrFIO2S/c1-6(2)5-18-11-9(13)8(14)4-7(10(11)15)12(16)17-3/h4,6H,5H2,1-3H3. The molecule has 0 saturated carbocycles. The highest BCUT2D eigenvalue weighted by Crippen LogP contribution is 2.37. The summed E-state index contributed by atoms with van der Waals surface area (Å²) in [5.41, 5.74) is 0.269. The van der Waals surface area contributed by atoms with E-state index < -0.39 is 11.8 Å². The summed E-state index contributed by atoms with van der Waals surface area (Å²) < 4.78 is 19.6. The van der Waals surface area contributed by atoms with Gasteiger partial charge in [0.15, 0.2) is 0 Å². The molecule has 0 saturated heterocycles. The van der Waals surface area contributed by atoms with Gasteiger partial charge in [-0.15, -0.1) is 11.8 Å². The van der Waals surface area contributed by atoms with Gasteiger partial charge in [-0.05, 0) is 50.5 Å². The number of hydrogen-bond acceptors (Lipinski definition) is 3. The van der Waals surface area contributed by atoms with Crippen LogP contribution in [0.2, 0.25) is 0 Å². The van der Waals surface area contributed by atoms with Crippen LogP contribution in [0.15, 0.2) is 15.4 Å². The summed E-state index contributed by atoms with van der Waals surface area (Å²) in [6.07, 6.45) is 0. The van der Waals surface area contributed by atoms with E-state index >= 15 is 0 Å². The van der Waals surface area contributed by atoms with Crippen LogP contribution in [-0.2, 0) is 4.74 Å². The van der Waals surface area contributed by atoms with Crippen LogP contribution in [0.3, 0.4) is 0 Å². The van der Waals surface area contributed by atoms with Gasteiger partial charge in [0.05, 0.1) is 17.1 Å². The molecule has 1 aromatic carbocycles. The second-order valence-electron chi connectivity index (χ2n) is 4.06. The number of esters is 1. The molecule has 0 bridgehead atoms. The Bertz CT molecular complexity index is 466. The minimum atomic E-state index is -0.516. The van der Waals surface area contributed by atoms with Gasteiger partial charge in [0.1, 0.15) is 5.82 Å². The van der Waals surface area contributed by atoms with Crippen molar-refractivity contribution in [3.05, 3.63) is 25.5 Å². The van der Waals surface area contributed by atoms with Crippen molar-refractivity contribution in [2.24, 2.45) is 5.92 Å². The lowest BCUT2D eigenvalue weighted by Gasteiger charge is -2.12. The average molecular weight is 447 g/mol. The van der Waals surface area contributed by atoms with Crippen LogP contribution in [0, 0.1) is 15.3 Å². The Balaban J connectivity index is 3.22. The molecule has 100 valence electrons. The number of benzene rings is 1. The normalized spacial score (nSPS) is 10.8. The van der Waals surface area contributed by atoms with Gasteiger partial charge in [-0.25, -0.2) is 9.18 Å². The van der Waals surface area contributed by atoms with Gasteiger partial charge in [-0.1, -0.05) is 13.8 Å². The van der Waals surface area contributed by atoms with E-state index in [1.165, 1.54) is 24.9 Å². The SMILES string of the molecule is COC(=O)c1cc(F)c(Br)c(SCC(C)C)c1I. The third kappa shape index (κ3) is 3.84. The van der Waals surface area contributed by atoms with Crippen molar-refractivity contribution in [1.82, 2.24) is 0 Å². The van der Waals surface area contributed by atoms with Crippen LogP contribution in [0.25, 0.3) is 0 Å². The Morgan fingerprint density at radius 1 is 1.61 bits per heavy atom. The molecule has 0 atom stereocenters. The Morgan fingerprint density at radius 2 is 2.22 bits per heavy atom. The van der Waals surface area contributed by atoms with Crippen molar-refractivity contribution in [3.8, 4) is 0 Å². The quantitative estimate of drug-likeness (QED) is 0.289. The predicted molar refractivity (Wildman–Crippen MR) is 83.7 cm³/mol. The van der Waals surface area contributed by atoms with Crippen LogP contribution in [0.4, 0.5) is 4.39 Å². The van der Waals surface area contributed by atoms with Crippen molar-refractivity contribution in [2.45, 2.75) is 18.7 Å². The summed E-state index contributed by atoms with van der Waals surface area (Å²) >= 11 is 6.82. The monoisotopic (exact) mass is 446 g/mol. The number of carbonyl (C=O) groups excluding carboxylic acids is 1. The summed E-state index contributed by atoms with van der Waals surface area (Å²) in [4.78, 5) is 12.3. The molecule has 0 fully saturated rings. The fraction of sp³-hybridized carbons (Fsp3) is 0.417. The van der Waals surface area contributed by atoms with E-state index in [4.69, 9.17) is 0 Å².